The minimum atomic E-state index is 0.151. The molecule has 0 bridgehead atoms. The molecule has 40 heavy (non-hydrogen) atoms. The van der Waals surface area contributed by atoms with Crippen LogP contribution in [-0.2, 0) is 24.3 Å². The Kier molecular flexibility index (Phi) is 5.93. The lowest BCUT2D eigenvalue weighted by atomic mass is 9.62. The molecule has 0 saturated heterocycles. The van der Waals surface area contributed by atoms with Crippen LogP contribution in [0.1, 0.15) is 94.9 Å². The van der Waals surface area contributed by atoms with Crippen molar-refractivity contribution in [3.05, 3.63) is 77.0 Å². The third-order valence-corrected chi connectivity index (χ3v) is 10.5. The van der Waals surface area contributed by atoms with Crippen molar-refractivity contribution in [2.45, 2.75) is 96.8 Å². The van der Waals surface area contributed by atoms with Gasteiger partial charge in [-0.1, -0.05) is 84.1 Å². The average Bonchev–Trinajstić information content (AvgIpc) is 3.28. The first-order chi connectivity index (χ1) is 19.1. The second-order valence-corrected chi connectivity index (χ2v) is 14.3. The van der Waals surface area contributed by atoms with Crippen LogP contribution in [0.5, 0.6) is 0 Å². The molecular weight excluding hydrogens is 486 g/mol. The molecule has 2 heteroatoms. The van der Waals surface area contributed by atoms with Gasteiger partial charge in [0.05, 0.1) is 5.56 Å². The minimum Gasteiger partial charge on any atom is -0.455 e. The summed E-state index contributed by atoms with van der Waals surface area (Å²) in [6.07, 6.45) is 12.8. The zero-order valence-electron chi connectivity index (χ0n) is 25.3. The van der Waals surface area contributed by atoms with Crippen LogP contribution < -0.4 is 4.57 Å². The lowest BCUT2D eigenvalue weighted by Gasteiger charge is -2.42. The molecule has 1 saturated carbocycles. The summed E-state index contributed by atoms with van der Waals surface area (Å²) < 4.78 is 9.14. The van der Waals surface area contributed by atoms with E-state index in [0.717, 1.165) is 17.1 Å². The molecule has 0 N–H and O–H groups in total. The first kappa shape index (κ1) is 25.8. The summed E-state index contributed by atoms with van der Waals surface area (Å²) in [5.41, 5.74) is 10.6. The van der Waals surface area contributed by atoms with E-state index in [0.29, 0.717) is 0 Å². The van der Waals surface area contributed by atoms with Crippen LogP contribution in [0.25, 0.3) is 44.0 Å². The van der Waals surface area contributed by atoms with Crippen LogP contribution in [0.15, 0.2) is 59.1 Å². The van der Waals surface area contributed by atoms with Gasteiger partial charge in [-0.3, -0.25) is 0 Å². The SMILES string of the molecule is Cc1ccc2c(oc3cc4c5c(ccc4cc32)C(C)(C)CCC5(C)C)c1-c1cc(CC2CCCCC2)cc[n+]1C. The number of nitrogens with zero attached hydrogens (tertiary/aromatic N) is 1. The Bertz CT molecular complexity index is 1780. The molecule has 0 amide bonds. The number of furan rings is 1. The summed E-state index contributed by atoms with van der Waals surface area (Å²) >= 11 is 0. The number of rotatable bonds is 3. The number of aromatic nitrogens is 1. The van der Waals surface area contributed by atoms with Gasteiger partial charge < -0.3 is 4.42 Å². The van der Waals surface area contributed by atoms with Crippen LogP contribution in [0, 0.1) is 12.8 Å². The molecule has 0 spiro atoms. The Morgan fingerprint density at radius 3 is 2.40 bits per heavy atom. The third-order valence-electron chi connectivity index (χ3n) is 10.5. The maximum Gasteiger partial charge on any atom is 0.216 e. The zero-order chi connectivity index (χ0) is 27.8. The molecule has 2 heterocycles. The Labute approximate surface area is 239 Å². The van der Waals surface area contributed by atoms with E-state index < -0.39 is 0 Å². The van der Waals surface area contributed by atoms with Gasteiger partial charge >= 0.3 is 0 Å². The van der Waals surface area contributed by atoms with E-state index in [-0.39, 0.29) is 10.8 Å². The summed E-state index contributed by atoms with van der Waals surface area (Å²) in [5, 5.41) is 5.12. The van der Waals surface area contributed by atoms with Crippen LogP contribution in [0.2, 0.25) is 0 Å². The molecule has 0 unspecified atom stereocenters. The molecule has 1 fully saturated rings. The number of hydrogen-bond donors (Lipinski definition) is 0. The highest BCUT2D eigenvalue weighted by Gasteiger charge is 2.38. The van der Waals surface area contributed by atoms with Crippen molar-refractivity contribution < 1.29 is 8.98 Å². The fraction of sp³-hybridized carbons (Fsp3) is 0.447. The maximum atomic E-state index is 6.87. The first-order valence-electron chi connectivity index (χ1n) is 15.5. The molecule has 206 valence electrons. The van der Waals surface area contributed by atoms with Crippen molar-refractivity contribution in [2.24, 2.45) is 13.0 Å². The lowest BCUT2D eigenvalue weighted by Crippen LogP contribution is -2.34. The van der Waals surface area contributed by atoms with Crippen LogP contribution in [0.3, 0.4) is 0 Å². The molecule has 2 aromatic heterocycles. The van der Waals surface area contributed by atoms with E-state index in [1.54, 1.807) is 0 Å². The number of benzene rings is 3. The molecule has 0 atom stereocenters. The Morgan fingerprint density at radius 2 is 1.60 bits per heavy atom. The zero-order valence-corrected chi connectivity index (χ0v) is 25.3. The first-order valence-corrected chi connectivity index (χ1v) is 15.5. The van der Waals surface area contributed by atoms with Crippen LogP contribution >= 0.6 is 0 Å². The van der Waals surface area contributed by atoms with Gasteiger partial charge in [-0.2, -0.15) is 0 Å². The predicted octanol–water partition coefficient (Wildman–Crippen LogP) is 10.0. The van der Waals surface area contributed by atoms with Gasteiger partial charge in [0.15, 0.2) is 6.20 Å². The van der Waals surface area contributed by atoms with Gasteiger partial charge in [0, 0.05) is 22.9 Å². The standard InChI is InChI=1S/C38H44NO/c1-24-12-14-28-30-22-27-13-15-31-35(38(4,5)18-17-37(31,2)3)29(27)23-33(30)40-36(28)34(24)32-21-26(16-19-39(32)6)20-25-10-8-7-9-11-25/h12-16,19,21-23,25H,7-11,17-18,20H2,1-6H3/q+1. The van der Waals surface area contributed by atoms with Crippen molar-refractivity contribution in [3.63, 3.8) is 0 Å². The molecule has 2 aliphatic carbocycles. The summed E-state index contributed by atoms with van der Waals surface area (Å²) in [6.45, 7) is 11.9. The molecule has 3 aromatic carbocycles. The van der Waals surface area contributed by atoms with Crippen LogP contribution in [-0.4, -0.2) is 0 Å². The second kappa shape index (κ2) is 9.20. The van der Waals surface area contributed by atoms with Gasteiger partial charge in [0.1, 0.15) is 18.2 Å². The molecule has 0 aliphatic heterocycles. The molecule has 5 aromatic rings. The summed E-state index contributed by atoms with van der Waals surface area (Å²) in [4.78, 5) is 0. The monoisotopic (exact) mass is 530 g/mol. The second-order valence-electron chi connectivity index (χ2n) is 14.3. The van der Waals surface area contributed by atoms with Crippen molar-refractivity contribution in [2.75, 3.05) is 0 Å². The minimum absolute atomic E-state index is 0.151. The largest absolute Gasteiger partial charge is 0.455 e. The molecule has 7 rings (SSSR count). The topological polar surface area (TPSA) is 17.0 Å². The third kappa shape index (κ3) is 4.09. The number of aryl methyl sites for hydroxylation is 2. The predicted molar refractivity (Wildman–Crippen MR) is 168 cm³/mol. The molecule has 2 aliphatic rings. The Morgan fingerprint density at radius 1 is 0.825 bits per heavy atom. The number of pyridine rings is 1. The van der Waals surface area contributed by atoms with Crippen molar-refractivity contribution in [3.8, 4) is 11.3 Å². The Balaban J connectivity index is 1.42. The average molecular weight is 531 g/mol. The summed E-state index contributed by atoms with van der Waals surface area (Å²) in [5.74, 6) is 0.824. The molecule has 0 radical (unpaired) electrons. The van der Waals surface area contributed by atoms with E-state index in [1.165, 1.54) is 106 Å². The highest BCUT2D eigenvalue weighted by atomic mass is 16.3. The normalized spacial score (nSPS) is 18.9. The molecule has 2 nitrogen and oxygen atoms in total. The highest BCUT2D eigenvalue weighted by molar-refractivity contribution is 6.14. The fourth-order valence-electron chi connectivity index (χ4n) is 7.97. The molecular formula is C38H44NO+. The smallest absolute Gasteiger partial charge is 0.216 e. The summed E-state index contributed by atoms with van der Waals surface area (Å²) in [7, 11) is 2.17. The van der Waals surface area contributed by atoms with Gasteiger partial charge in [-0.15, -0.1) is 0 Å². The van der Waals surface area contributed by atoms with E-state index in [9.17, 15) is 0 Å². The van der Waals surface area contributed by atoms with E-state index >= 15 is 0 Å². The van der Waals surface area contributed by atoms with Crippen molar-refractivity contribution >= 4 is 32.7 Å². The van der Waals surface area contributed by atoms with Gasteiger partial charge in [-0.25, -0.2) is 4.57 Å². The maximum absolute atomic E-state index is 6.87. The van der Waals surface area contributed by atoms with Gasteiger partial charge in [0.2, 0.25) is 5.69 Å². The quantitative estimate of drug-likeness (QED) is 0.212. The fourth-order valence-corrected chi connectivity index (χ4v) is 7.97. The highest BCUT2D eigenvalue weighted by Crippen LogP contribution is 2.49. The van der Waals surface area contributed by atoms with Crippen molar-refractivity contribution in [1.82, 2.24) is 0 Å². The van der Waals surface area contributed by atoms with E-state index in [2.05, 4.69) is 101 Å². The Hall–Kier alpha value is -3.13. The van der Waals surface area contributed by atoms with Gasteiger partial charge in [0.25, 0.3) is 0 Å². The number of hydrogen-bond acceptors (Lipinski definition) is 1. The van der Waals surface area contributed by atoms with Crippen LogP contribution in [0.4, 0.5) is 0 Å². The summed E-state index contributed by atoms with van der Waals surface area (Å²) in [6, 6.07) is 18.8. The van der Waals surface area contributed by atoms with E-state index in [4.69, 9.17) is 4.42 Å². The lowest BCUT2D eigenvalue weighted by molar-refractivity contribution is -0.660. The van der Waals surface area contributed by atoms with Crippen molar-refractivity contribution in [1.29, 1.82) is 0 Å². The van der Waals surface area contributed by atoms with E-state index in [1.807, 2.05) is 0 Å². The van der Waals surface area contributed by atoms with Gasteiger partial charge in [-0.05, 0) is 88.1 Å². The number of fused-ring (bicyclic) bond motifs is 6.